The third-order valence-corrected chi connectivity index (χ3v) is 5.03. The van der Waals surface area contributed by atoms with Gasteiger partial charge in [-0.3, -0.25) is 14.3 Å². The van der Waals surface area contributed by atoms with Gasteiger partial charge in [0.25, 0.3) is 5.56 Å². The molecule has 0 aliphatic heterocycles. The Bertz CT molecular complexity index is 1460. The molecule has 3 aromatic heterocycles. The first kappa shape index (κ1) is 18.1. The Morgan fingerprint density at radius 2 is 1.67 bits per heavy atom. The highest BCUT2D eigenvalue weighted by Gasteiger charge is 2.15. The van der Waals surface area contributed by atoms with Gasteiger partial charge in [0.15, 0.2) is 5.65 Å². The van der Waals surface area contributed by atoms with Crippen molar-refractivity contribution in [3.8, 4) is 11.1 Å². The van der Waals surface area contributed by atoms with E-state index < -0.39 is 17.2 Å². The summed E-state index contributed by atoms with van der Waals surface area (Å²) in [7, 11) is 0. The second kappa shape index (κ2) is 7.11. The number of nitrogens with zero attached hydrogens (tertiary/aromatic N) is 4. The van der Waals surface area contributed by atoms with E-state index >= 15 is 0 Å². The Morgan fingerprint density at radius 1 is 0.833 bits per heavy atom. The van der Waals surface area contributed by atoms with Crippen LogP contribution < -0.4 is 5.56 Å². The van der Waals surface area contributed by atoms with Gasteiger partial charge in [0.05, 0.1) is 12.7 Å². The van der Waals surface area contributed by atoms with Gasteiger partial charge in [-0.25, -0.2) is 18.7 Å². The minimum absolute atomic E-state index is 0.205. The normalized spacial score (nSPS) is 11.3. The zero-order chi connectivity index (χ0) is 20.7. The third kappa shape index (κ3) is 3.10. The van der Waals surface area contributed by atoms with Crippen molar-refractivity contribution < 1.29 is 8.78 Å². The molecule has 7 heteroatoms. The summed E-state index contributed by atoms with van der Waals surface area (Å²) in [6.45, 7) is -0.282. The lowest BCUT2D eigenvalue weighted by atomic mass is 10.00. The summed E-state index contributed by atoms with van der Waals surface area (Å²) >= 11 is 0. The summed E-state index contributed by atoms with van der Waals surface area (Å²) in [6.07, 6.45) is 6.03. The Labute approximate surface area is 169 Å². The molecule has 0 aliphatic carbocycles. The Kier molecular flexibility index (Phi) is 4.28. The molecule has 0 spiro atoms. The van der Waals surface area contributed by atoms with Crippen LogP contribution in [0, 0.1) is 11.6 Å². The minimum atomic E-state index is -0.729. The molecule has 0 radical (unpaired) electrons. The highest BCUT2D eigenvalue weighted by atomic mass is 19.1. The van der Waals surface area contributed by atoms with Gasteiger partial charge in [-0.1, -0.05) is 12.1 Å². The summed E-state index contributed by atoms with van der Waals surface area (Å²) in [5, 5.41) is 1.86. The number of hydrogen-bond donors (Lipinski definition) is 0. The SMILES string of the molecule is O=c1cnc2cccnc2n1Cc1c(F)cc(-c2ccc3cnccc3c2)cc1F. The molecule has 0 N–H and O–H groups in total. The highest BCUT2D eigenvalue weighted by molar-refractivity contribution is 5.86. The fourth-order valence-electron chi connectivity index (χ4n) is 3.49. The Hall–Kier alpha value is -4.00. The van der Waals surface area contributed by atoms with E-state index in [0.29, 0.717) is 16.6 Å². The molecule has 0 aliphatic rings. The van der Waals surface area contributed by atoms with E-state index in [1.807, 2.05) is 18.2 Å². The zero-order valence-corrected chi connectivity index (χ0v) is 15.6. The smallest absolute Gasteiger partial charge is 0.270 e. The first-order valence-corrected chi connectivity index (χ1v) is 9.23. The second-order valence-corrected chi connectivity index (χ2v) is 6.88. The van der Waals surface area contributed by atoms with Crippen LogP contribution in [0.1, 0.15) is 5.56 Å². The largest absolute Gasteiger partial charge is 0.285 e. The number of pyridine rings is 2. The van der Waals surface area contributed by atoms with Crippen LogP contribution in [0.25, 0.3) is 33.1 Å². The molecule has 146 valence electrons. The maximum atomic E-state index is 14.9. The van der Waals surface area contributed by atoms with Crippen molar-refractivity contribution in [3.63, 3.8) is 0 Å². The van der Waals surface area contributed by atoms with Crippen molar-refractivity contribution in [1.29, 1.82) is 0 Å². The number of aromatic nitrogens is 4. The summed E-state index contributed by atoms with van der Waals surface area (Å²) < 4.78 is 31.1. The molecule has 0 saturated heterocycles. The van der Waals surface area contributed by atoms with Crippen LogP contribution in [-0.4, -0.2) is 19.5 Å². The van der Waals surface area contributed by atoms with Gasteiger partial charge in [0.2, 0.25) is 0 Å². The number of hydrogen-bond acceptors (Lipinski definition) is 4. The van der Waals surface area contributed by atoms with Crippen LogP contribution >= 0.6 is 0 Å². The first-order chi connectivity index (χ1) is 14.6. The van der Waals surface area contributed by atoms with E-state index in [4.69, 9.17) is 0 Å². The average molecular weight is 400 g/mol. The molecule has 5 aromatic rings. The molecule has 0 unspecified atom stereocenters. The fourth-order valence-corrected chi connectivity index (χ4v) is 3.49. The minimum Gasteiger partial charge on any atom is -0.285 e. The average Bonchev–Trinajstić information content (AvgIpc) is 2.77. The van der Waals surface area contributed by atoms with Gasteiger partial charge in [-0.05, 0) is 52.9 Å². The van der Waals surface area contributed by atoms with Crippen molar-refractivity contribution in [3.05, 3.63) is 101 Å². The van der Waals surface area contributed by atoms with E-state index in [9.17, 15) is 13.6 Å². The molecule has 5 rings (SSSR count). The van der Waals surface area contributed by atoms with Crippen molar-refractivity contribution in [2.45, 2.75) is 6.54 Å². The van der Waals surface area contributed by atoms with Crippen molar-refractivity contribution in [1.82, 2.24) is 19.5 Å². The number of fused-ring (bicyclic) bond motifs is 2. The van der Waals surface area contributed by atoms with Gasteiger partial charge in [-0.2, -0.15) is 0 Å². The van der Waals surface area contributed by atoms with E-state index in [0.717, 1.165) is 17.0 Å². The summed E-state index contributed by atoms with van der Waals surface area (Å²) in [6, 6.07) is 13.3. The lowest BCUT2D eigenvalue weighted by molar-refractivity contribution is 0.544. The van der Waals surface area contributed by atoms with Crippen molar-refractivity contribution in [2.75, 3.05) is 0 Å². The van der Waals surface area contributed by atoms with Gasteiger partial charge < -0.3 is 0 Å². The topological polar surface area (TPSA) is 60.7 Å². The van der Waals surface area contributed by atoms with Gasteiger partial charge >= 0.3 is 0 Å². The standard InChI is InChI=1S/C23H14F2N4O/c24-19-9-17(14-3-4-16-11-26-7-5-15(16)8-14)10-20(25)18(19)13-29-22(30)12-28-21-2-1-6-27-23(21)29/h1-12H,13H2. The van der Waals surface area contributed by atoms with Gasteiger partial charge in [0, 0.05) is 29.5 Å². The van der Waals surface area contributed by atoms with Crippen LogP contribution in [0.4, 0.5) is 8.78 Å². The molecule has 3 heterocycles. The van der Waals surface area contributed by atoms with Gasteiger partial charge in [-0.15, -0.1) is 0 Å². The van der Waals surface area contributed by atoms with Crippen LogP contribution in [-0.2, 0) is 6.54 Å². The number of halogens is 2. The Morgan fingerprint density at radius 3 is 2.50 bits per heavy atom. The van der Waals surface area contributed by atoms with E-state index in [2.05, 4.69) is 15.0 Å². The molecule has 0 bridgehead atoms. The van der Waals surface area contributed by atoms with Gasteiger partial charge in [0.1, 0.15) is 17.2 Å². The molecule has 0 fully saturated rings. The van der Waals surface area contributed by atoms with Crippen LogP contribution in [0.2, 0.25) is 0 Å². The fraction of sp³-hybridized carbons (Fsp3) is 0.0435. The molecular formula is C23H14F2N4O. The monoisotopic (exact) mass is 400 g/mol. The zero-order valence-electron chi connectivity index (χ0n) is 15.6. The second-order valence-electron chi connectivity index (χ2n) is 6.88. The molecule has 30 heavy (non-hydrogen) atoms. The first-order valence-electron chi connectivity index (χ1n) is 9.23. The van der Waals surface area contributed by atoms with Crippen molar-refractivity contribution >= 4 is 21.9 Å². The highest BCUT2D eigenvalue weighted by Crippen LogP contribution is 2.28. The predicted octanol–water partition coefficient (Wildman–Crippen LogP) is 4.33. The summed E-state index contributed by atoms with van der Waals surface area (Å²) in [5.74, 6) is -1.46. The van der Waals surface area contributed by atoms with Crippen LogP contribution in [0.3, 0.4) is 0 Å². The molecule has 0 atom stereocenters. The van der Waals surface area contributed by atoms with Crippen LogP contribution in [0.15, 0.2) is 78.1 Å². The quantitative estimate of drug-likeness (QED) is 0.452. The van der Waals surface area contributed by atoms with Crippen LogP contribution in [0.5, 0.6) is 0 Å². The maximum Gasteiger partial charge on any atom is 0.270 e. The molecule has 5 nitrogen and oxygen atoms in total. The lowest BCUT2D eigenvalue weighted by Crippen LogP contribution is -2.23. The van der Waals surface area contributed by atoms with E-state index in [-0.39, 0.29) is 17.8 Å². The molecule has 0 amide bonds. The number of benzene rings is 2. The summed E-state index contributed by atoms with van der Waals surface area (Å²) in [5.41, 5.74) is 1.16. The Balaban J connectivity index is 1.58. The molecule has 0 saturated carbocycles. The van der Waals surface area contributed by atoms with E-state index in [1.54, 1.807) is 30.6 Å². The third-order valence-electron chi connectivity index (χ3n) is 5.03. The molecular weight excluding hydrogens is 386 g/mol. The van der Waals surface area contributed by atoms with Crippen molar-refractivity contribution in [2.24, 2.45) is 0 Å². The maximum absolute atomic E-state index is 14.9. The lowest BCUT2D eigenvalue weighted by Gasteiger charge is -2.12. The predicted molar refractivity (Wildman–Crippen MR) is 110 cm³/mol. The van der Waals surface area contributed by atoms with E-state index in [1.165, 1.54) is 22.9 Å². The molecule has 2 aromatic carbocycles. The number of rotatable bonds is 3. The summed E-state index contributed by atoms with van der Waals surface area (Å²) in [4.78, 5) is 24.5.